The van der Waals surface area contributed by atoms with E-state index in [0.29, 0.717) is 18.1 Å². The third kappa shape index (κ3) is 8.55. The average Bonchev–Trinajstić information content (AvgIpc) is 3.47. The highest BCUT2D eigenvalue weighted by molar-refractivity contribution is 7.99. The van der Waals surface area contributed by atoms with Crippen molar-refractivity contribution in [3.8, 4) is 23.1 Å². The first-order valence-electron chi connectivity index (χ1n) is 16.6. The van der Waals surface area contributed by atoms with Gasteiger partial charge in [-0.2, -0.15) is 16.9 Å². The van der Waals surface area contributed by atoms with Crippen LogP contribution >= 0.6 is 23.4 Å². The number of primary amides is 1. The van der Waals surface area contributed by atoms with Gasteiger partial charge in [0, 0.05) is 105 Å². The number of fused-ring (bicyclic) bond motifs is 1. The molecule has 1 fully saturated rings. The van der Waals surface area contributed by atoms with Crippen molar-refractivity contribution in [2.75, 3.05) is 56.7 Å². The fourth-order valence-electron chi connectivity index (χ4n) is 6.24. The summed E-state index contributed by atoms with van der Waals surface area (Å²) in [6, 6.07) is 22.4. The van der Waals surface area contributed by atoms with Gasteiger partial charge in [0.2, 0.25) is 0 Å². The molecule has 0 bridgehead atoms. The standard InChI is InChI=1S/C38H44ClN7OS/c1-43(2)33-13-9-30(10-14-33)26-41-25-29-6-4-28(5-7-29)8-11-31-24-32(12-15-35(31)39)37-34-27-45(38(40)47)19-16-36(34)46(42-37)18-3-17-44-20-22-48-23-21-44/h4-7,9-10,12-15,24,41H,3,16-23,25-27H2,1-2H3,(H2,40,47). The van der Waals surface area contributed by atoms with Crippen molar-refractivity contribution in [1.29, 1.82) is 0 Å². The van der Waals surface area contributed by atoms with Crippen molar-refractivity contribution < 1.29 is 4.79 Å². The van der Waals surface area contributed by atoms with E-state index in [0.717, 1.165) is 80.1 Å². The highest BCUT2D eigenvalue weighted by atomic mass is 35.5. The molecule has 8 nitrogen and oxygen atoms in total. The lowest BCUT2D eigenvalue weighted by Gasteiger charge is -2.27. The number of benzene rings is 3. The SMILES string of the molecule is CN(C)c1ccc(CNCc2ccc(C#Cc3cc(-c4nn(CCCN5CCSCC5)c5c4CN(C(N)=O)CC5)ccc3Cl)cc2)cc1. The van der Waals surface area contributed by atoms with Gasteiger partial charge in [-0.25, -0.2) is 4.79 Å². The first kappa shape index (κ1) is 33.9. The van der Waals surface area contributed by atoms with Crippen LogP contribution in [0.25, 0.3) is 11.3 Å². The summed E-state index contributed by atoms with van der Waals surface area (Å²) in [6.07, 6.45) is 1.77. The number of urea groups is 1. The largest absolute Gasteiger partial charge is 0.378 e. The molecule has 0 unspecified atom stereocenters. The van der Waals surface area contributed by atoms with E-state index in [4.69, 9.17) is 22.4 Å². The minimum absolute atomic E-state index is 0.401. The topological polar surface area (TPSA) is 82.7 Å². The Balaban J connectivity index is 1.14. The van der Waals surface area contributed by atoms with Gasteiger partial charge in [-0.15, -0.1) is 0 Å². The van der Waals surface area contributed by atoms with Gasteiger partial charge < -0.3 is 25.8 Å². The van der Waals surface area contributed by atoms with E-state index in [2.05, 4.69) is 68.0 Å². The van der Waals surface area contributed by atoms with Gasteiger partial charge in [0.1, 0.15) is 0 Å². The number of thioether (sulfide) groups is 1. The van der Waals surface area contributed by atoms with Gasteiger partial charge in [-0.3, -0.25) is 4.68 Å². The van der Waals surface area contributed by atoms with Gasteiger partial charge in [0.25, 0.3) is 0 Å². The normalized spacial score (nSPS) is 14.7. The zero-order chi connectivity index (χ0) is 33.5. The van der Waals surface area contributed by atoms with Crippen molar-refractivity contribution in [2.45, 2.75) is 39.0 Å². The Labute approximate surface area is 293 Å². The quantitative estimate of drug-likeness (QED) is 0.205. The molecule has 3 aromatic carbocycles. The second-order valence-corrected chi connectivity index (χ2v) is 14.3. The molecule has 6 rings (SSSR count). The first-order valence-corrected chi connectivity index (χ1v) is 18.2. The number of aryl methyl sites for hydroxylation is 1. The van der Waals surface area contributed by atoms with Crippen LogP contribution in [-0.2, 0) is 32.6 Å². The monoisotopic (exact) mass is 681 g/mol. The van der Waals surface area contributed by atoms with Crippen LogP contribution in [0.4, 0.5) is 10.5 Å². The molecule has 48 heavy (non-hydrogen) atoms. The summed E-state index contributed by atoms with van der Waals surface area (Å²) in [6.45, 7) is 6.88. The number of nitrogens with two attached hydrogens (primary N) is 1. The minimum atomic E-state index is -0.401. The average molecular weight is 682 g/mol. The van der Waals surface area contributed by atoms with E-state index in [1.807, 2.05) is 56.2 Å². The van der Waals surface area contributed by atoms with E-state index >= 15 is 0 Å². The van der Waals surface area contributed by atoms with Gasteiger partial charge >= 0.3 is 6.03 Å². The highest BCUT2D eigenvalue weighted by Gasteiger charge is 2.27. The number of nitrogens with zero attached hydrogens (tertiary/aromatic N) is 5. The van der Waals surface area contributed by atoms with Crippen LogP contribution in [0.5, 0.6) is 0 Å². The first-order chi connectivity index (χ1) is 23.3. The highest BCUT2D eigenvalue weighted by Crippen LogP contribution is 2.32. The van der Waals surface area contributed by atoms with Crippen molar-refractivity contribution in [1.82, 2.24) is 24.9 Å². The van der Waals surface area contributed by atoms with Crippen molar-refractivity contribution in [2.24, 2.45) is 5.73 Å². The van der Waals surface area contributed by atoms with Crippen LogP contribution < -0.4 is 16.0 Å². The lowest BCUT2D eigenvalue weighted by Crippen LogP contribution is -2.39. The van der Waals surface area contributed by atoms with E-state index < -0.39 is 6.03 Å². The molecule has 0 radical (unpaired) electrons. The summed E-state index contributed by atoms with van der Waals surface area (Å²) in [5.41, 5.74) is 15.1. The Hall–Kier alpha value is -3.94. The molecule has 10 heteroatoms. The summed E-state index contributed by atoms with van der Waals surface area (Å²) in [5, 5.41) is 9.23. The molecule has 250 valence electrons. The number of hydrogen-bond donors (Lipinski definition) is 2. The summed E-state index contributed by atoms with van der Waals surface area (Å²) in [5.74, 6) is 9.01. The molecule has 2 aliphatic rings. The minimum Gasteiger partial charge on any atom is -0.378 e. The second-order valence-electron chi connectivity index (χ2n) is 12.6. The number of rotatable bonds is 10. The predicted molar refractivity (Wildman–Crippen MR) is 198 cm³/mol. The molecule has 2 aliphatic heterocycles. The van der Waals surface area contributed by atoms with Crippen LogP contribution in [0.15, 0.2) is 66.7 Å². The number of carbonyl (C=O) groups is 1. The van der Waals surface area contributed by atoms with Crippen molar-refractivity contribution >= 4 is 35.1 Å². The Morgan fingerprint density at radius 3 is 2.35 bits per heavy atom. The van der Waals surface area contributed by atoms with Gasteiger partial charge in [-0.05, 0) is 60.5 Å². The van der Waals surface area contributed by atoms with Crippen LogP contribution in [-0.4, -0.2) is 77.4 Å². The number of aromatic nitrogens is 2. The maximum atomic E-state index is 12.1. The zero-order valence-electron chi connectivity index (χ0n) is 27.8. The molecule has 0 atom stereocenters. The van der Waals surface area contributed by atoms with E-state index in [1.165, 1.54) is 34.0 Å². The molecule has 0 saturated carbocycles. The number of carbonyl (C=O) groups excluding carboxylic acids is 1. The van der Waals surface area contributed by atoms with Crippen molar-refractivity contribution in [3.05, 3.63) is 105 Å². The van der Waals surface area contributed by atoms with E-state index in [-0.39, 0.29) is 0 Å². The fraction of sp³-hybridized carbons (Fsp3) is 0.368. The third-order valence-electron chi connectivity index (χ3n) is 9.04. The van der Waals surface area contributed by atoms with E-state index in [9.17, 15) is 4.79 Å². The molecular formula is C38H44ClN7OS. The second kappa shape index (κ2) is 16.0. The predicted octanol–water partition coefficient (Wildman–Crippen LogP) is 5.83. The van der Waals surface area contributed by atoms with Crippen LogP contribution in [0, 0.1) is 11.8 Å². The smallest absolute Gasteiger partial charge is 0.315 e. The summed E-state index contributed by atoms with van der Waals surface area (Å²) >= 11 is 8.68. The molecule has 0 aliphatic carbocycles. The van der Waals surface area contributed by atoms with Crippen LogP contribution in [0.1, 0.15) is 39.9 Å². The third-order valence-corrected chi connectivity index (χ3v) is 10.3. The molecule has 1 saturated heterocycles. The Bertz CT molecular complexity index is 1770. The molecule has 2 amide bonds. The number of halogens is 1. The maximum Gasteiger partial charge on any atom is 0.315 e. The van der Waals surface area contributed by atoms with E-state index in [1.54, 1.807) is 4.90 Å². The van der Waals surface area contributed by atoms with Crippen LogP contribution in [0.2, 0.25) is 5.02 Å². The number of anilines is 1. The lowest BCUT2D eigenvalue weighted by molar-refractivity contribution is 0.201. The fourth-order valence-corrected chi connectivity index (χ4v) is 7.39. The van der Waals surface area contributed by atoms with Gasteiger partial charge in [-0.1, -0.05) is 53.8 Å². The zero-order valence-corrected chi connectivity index (χ0v) is 29.4. The molecule has 0 spiro atoms. The number of hydrogen-bond acceptors (Lipinski definition) is 6. The Kier molecular flexibility index (Phi) is 11.3. The Morgan fingerprint density at radius 1 is 0.958 bits per heavy atom. The molecule has 4 aromatic rings. The maximum absolute atomic E-state index is 12.1. The summed E-state index contributed by atoms with van der Waals surface area (Å²) in [4.78, 5) is 18.5. The number of amides is 2. The lowest BCUT2D eigenvalue weighted by atomic mass is 9.99. The van der Waals surface area contributed by atoms with Gasteiger partial charge in [0.15, 0.2) is 0 Å². The van der Waals surface area contributed by atoms with Crippen LogP contribution in [0.3, 0.4) is 0 Å². The summed E-state index contributed by atoms with van der Waals surface area (Å²) < 4.78 is 2.15. The molecule has 3 heterocycles. The Morgan fingerprint density at radius 2 is 1.67 bits per heavy atom. The molecule has 3 N–H and O–H groups in total. The summed E-state index contributed by atoms with van der Waals surface area (Å²) in [7, 11) is 4.10. The molecular weight excluding hydrogens is 638 g/mol. The molecule has 1 aromatic heterocycles. The van der Waals surface area contributed by atoms with Gasteiger partial charge in [0.05, 0.1) is 17.3 Å². The number of nitrogens with one attached hydrogen (secondary N) is 1. The van der Waals surface area contributed by atoms with Crippen molar-refractivity contribution in [3.63, 3.8) is 0 Å².